The van der Waals surface area contributed by atoms with Crippen LogP contribution < -0.4 is 10.1 Å². The predicted molar refractivity (Wildman–Crippen MR) is 137 cm³/mol. The number of halogens is 1. The molecule has 0 spiro atoms. The number of nitrogens with one attached hydrogen (secondary N) is 1. The molecule has 0 aliphatic carbocycles. The van der Waals surface area contributed by atoms with Gasteiger partial charge in [0.05, 0.1) is 16.8 Å². The third-order valence-electron chi connectivity index (χ3n) is 5.45. The van der Waals surface area contributed by atoms with Gasteiger partial charge in [0.25, 0.3) is 5.91 Å². The Balaban J connectivity index is 1.69. The highest BCUT2D eigenvalue weighted by molar-refractivity contribution is 6.32. The molecule has 3 N–H and O–H groups in total. The minimum atomic E-state index is -0.264. The molecule has 3 aromatic rings. The molecule has 0 aliphatic rings. The van der Waals surface area contributed by atoms with Crippen molar-refractivity contribution in [1.82, 2.24) is 14.9 Å². The van der Waals surface area contributed by atoms with E-state index in [1.54, 1.807) is 29.7 Å². The second-order valence-electron chi connectivity index (χ2n) is 8.64. The number of hydrogen-bond donors (Lipinski definition) is 3. The van der Waals surface area contributed by atoms with Crippen molar-refractivity contribution in [3.63, 3.8) is 0 Å². The molecule has 9 heteroatoms. The number of oxime groups is 1. The van der Waals surface area contributed by atoms with Gasteiger partial charge in [0.1, 0.15) is 11.5 Å². The summed E-state index contributed by atoms with van der Waals surface area (Å²) in [5.41, 5.74) is 3.55. The van der Waals surface area contributed by atoms with Gasteiger partial charge in [-0.1, -0.05) is 41.0 Å². The summed E-state index contributed by atoms with van der Waals surface area (Å²) in [6.07, 6.45) is 2.82. The summed E-state index contributed by atoms with van der Waals surface area (Å²) in [6, 6.07) is 12.6. The monoisotopic (exact) mass is 498 g/mol. The maximum absolute atomic E-state index is 12.8. The van der Waals surface area contributed by atoms with Crippen LogP contribution in [0.5, 0.6) is 5.75 Å². The Morgan fingerprint density at radius 2 is 1.94 bits per heavy atom. The molecule has 186 valence electrons. The lowest BCUT2D eigenvalue weighted by Crippen LogP contribution is -2.37. The summed E-state index contributed by atoms with van der Waals surface area (Å²) in [6.45, 7) is 5.45. The molecule has 0 fully saturated rings. The van der Waals surface area contributed by atoms with E-state index in [-0.39, 0.29) is 24.7 Å². The lowest BCUT2D eigenvalue weighted by Gasteiger charge is -2.19. The topological polar surface area (TPSA) is 109 Å². The maximum Gasteiger partial charge on any atom is 0.251 e. The number of aromatic nitrogens is 2. The molecule has 1 atom stereocenters. The number of aliphatic hydroxyl groups excluding tert-OH is 1. The van der Waals surface area contributed by atoms with Crippen molar-refractivity contribution in [3.8, 4) is 17.0 Å². The number of carbonyl (C=O) groups excluding carboxylic acids is 1. The molecular weight excluding hydrogens is 468 g/mol. The molecular formula is C26H31ClN4O4. The zero-order valence-corrected chi connectivity index (χ0v) is 21.1. The normalized spacial score (nSPS) is 12.6. The minimum Gasteiger partial charge on any atom is -0.489 e. The van der Waals surface area contributed by atoms with E-state index in [0.29, 0.717) is 40.7 Å². The summed E-state index contributed by atoms with van der Waals surface area (Å²) in [4.78, 5) is 17.4. The van der Waals surface area contributed by atoms with Crippen LogP contribution in [0.15, 0.2) is 53.8 Å². The fourth-order valence-corrected chi connectivity index (χ4v) is 3.95. The number of nitrogens with zero attached hydrogens (tertiary/aromatic N) is 3. The van der Waals surface area contributed by atoms with E-state index < -0.39 is 0 Å². The zero-order chi connectivity index (χ0) is 25.5. The van der Waals surface area contributed by atoms with Gasteiger partial charge in [0.2, 0.25) is 0 Å². The van der Waals surface area contributed by atoms with E-state index >= 15 is 0 Å². The number of rotatable bonds is 10. The first-order chi connectivity index (χ1) is 16.7. The van der Waals surface area contributed by atoms with E-state index in [1.807, 2.05) is 51.4 Å². The molecule has 8 nitrogen and oxygen atoms in total. The number of hydrogen-bond acceptors (Lipinski definition) is 6. The fraction of sp³-hybridized carbons (Fsp3) is 0.346. The quantitative estimate of drug-likeness (QED) is 0.217. The van der Waals surface area contributed by atoms with Crippen LogP contribution in [-0.4, -0.2) is 50.2 Å². The van der Waals surface area contributed by atoms with Crippen LogP contribution in [0.1, 0.15) is 48.9 Å². The Kier molecular flexibility index (Phi) is 8.89. The SMILES string of the molecule is C/C(=N\O)c1nc(-c2ccc(C[C@@H](CCO)NC(=O)c3ccc(OC(C)C)c(Cl)c3)cc2)cn1C. The molecule has 3 rings (SSSR count). The summed E-state index contributed by atoms with van der Waals surface area (Å²) in [7, 11) is 1.84. The number of carbonyl (C=O) groups is 1. The van der Waals surface area contributed by atoms with Gasteiger partial charge in [0.15, 0.2) is 5.82 Å². The highest BCUT2D eigenvalue weighted by atomic mass is 35.5. The van der Waals surface area contributed by atoms with Gasteiger partial charge in [-0.2, -0.15) is 0 Å². The van der Waals surface area contributed by atoms with E-state index in [9.17, 15) is 9.90 Å². The van der Waals surface area contributed by atoms with Crippen molar-refractivity contribution in [2.24, 2.45) is 12.2 Å². The van der Waals surface area contributed by atoms with Gasteiger partial charge < -0.3 is 24.9 Å². The average Bonchev–Trinajstić information content (AvgIpc) is 3.21. The Bertz CT molecular complexity index is 1190. The number of imidazole rings is 1. The second-order valence-corrected chi connectivity index (χ2v) is 9.05. The average molecular weight is 499 g/mol. The van der Waals surface area contributed by atoms with Gasteiger partial charge in [-0.15, -0.1) is 0 Å². The standard InChI is InChI=1S/C26H31ClN4O4/c1-16(2)35-24-10-9-20(14-22(24)27)26(33)28-21(11-12-32)13-18-5-7-19(8-6-18)23-15-31(4)25(29-23)17(3)30-34/h5-10,14-16,21,32,34H,11-13H2,1-4H3,(H,28,33)/b30-17+/t21-/m1/s1. The maximum atomic E-state index is 12.8. The molecule has 2 aromatic carbocycles. The van der Waals surface area contributed by atoms with Crippen molar-refractivity contribution >= 4 is 23.2 Å². The van der Waals surface area contributed by atoms with Crippen molar-refractivity contribution in [2.75, 3.05) is 6.61 Å². The van der Waals surface area contributed by atoms with Gasteiger partial charge in [-0.3, -0.25) is 4.79 Å². The lowest BCUT2D eigenvalue weighted by molar-refractivity contribution is 0.0930. The van der Waals surface area contributed by atoms with Gasteiger partial charge in [0, 0.05) is 37.0 Å². The van der Waals surface area contributed by atoms with Gasteiger partial charge in [-0.25, -0.2) is 4.98 Å². The number of aliphatic hydroxyl groups is 1. The van der Waals surface area contributed by atoms with Crippen LogP contribution in [0.25, 0.3) is 11.3 Å². The first kappa shape index (κ1) is 26.2. The van der Waals surface area contributed by atoms with E-state index in [4.69, 9.17) is 21.5 Å². The van der Waals surface area contributed by atoms with E-state index in [2.05, 4.69) is 15.5 Å². The summed E-state index contributed by atoms with van der Waals surface area (Å²) < 4.78 is 7.43. The lowest BCUT2D eigenvalue weighted by atomic mass is 10.0. The van der Waals surface area contributed by atoms with E-state index in [0.717, 1.165) is 16.8 Å². The van der Waals surface area contributed by atoms with Crippen LogP contribution in [0.2, 0.25) is 5.02 Å². The minimum absolute atomic E-state index is 0.0225. The van der Waals surface area contributed by atoms with Gasteiger partial charge >= 0.3 is 0 Å². The zero-order valence-electron chi connectivity index (χ0n) is 20.3. The largest absolute Gasteiger partial charge is 0.489 e. The molecule has 0 bridgehead atoms. The van der Waals surface area contributed by atoms with Crippen molar-refractivity contribution in [3.05, 3.63) is 70.6 Å². The summed E-state index contributed by atoms with van der Waals surface area (Å²) in [5, 5.41) is 25.1. The molecule has 35 heavy (non-hydrogen) atoms. The van der Waals surface area contributed by atoms with Crippen molar-refractivity contribution in [1.29, 1.82) is 0 Å². The number of benzene rings is 2. The first-order valence-corrected chi connectivity index (χ1v) is 11.8. The molecule has 0 radical (unpaired) electrons. The molecule has 0 aliphatic heterocycles. The third-order valence-corrected chi connectivity index (χ3v) is 5.75. The molecule has 1 aromatic heterocycles. The Labute approximate surface area is 210 Å². The fourth-order valence-electron chi connectivity index (χ4n) is 3.72. The number of ether oxygens (including phenoxy) is 1. The van der Waals surface area contributed by atoms with Crippen molar-refractivity contribution in [2.45, 2.75) is 45.8 Å². The third kappa shape index (κ3) is 6.83. The Morgan fingerprint density at radius 1 is 1.23 bits per heavy atom. The van der Waals surface area contributed by atoms with Crippen LogP contribution in [0, 0.1) is 0 Å². The first-order valence-electron chi connectivity index (χ1n) is 11.4. The van der Waals surface area contributed by atoms with Gasteiger partial charge in [-0.05, 0) is 57.4 Å². The van der Waals surface area contributed by atoms with Crippen LogP contribution in [-0.2, 0) is 13.5 Å². The number of amides is 1. The molecule has 0 saturated carbocycles. The molecule has 1 amide bonds. The smallest absolute Gasteiger partial charge is 0.251 e. The number of aryl methyl sites for hydroxylation is 1. The van der Waals surface area contributed by atoms with Crippen LogP contribution in [0.3, 0.4) is 0 Å². The molecule has 0 unspecified atom stereocenters. The molecule has 0 saturated heterocycles. The van der Waals surface area contributed by atoms with Crippen LogP contribution in [0.4, 0.5) is 0 Å². The van der Waals surface area contributed by atoms with E-state index in [1.165, 1.54) is 0 Å². The summed E-state index contributed by atoms with van der Waals surface area (Å²) in [5.74, 6) is 0.852. The Hall–Kier alpha value is -3.36. The van der Waals surface area contributed by atoms with Crippen LogP contribution >= 0.6 is 11.6 Å². The second kappa shape index (κ2) is 11.9. The molecule has 1 heterocycles. The summed E-state index contributed by atoms with van der Waals surface area (Å²) >= 11 is 6.28. The Morgan fingerprint density at radius 3 is 2.54 bits per heavy atom. The highest BCUT2D eigenvalue weighted by Crippen LogP contribution is 2.26. The van der Waals surface area contributed by atoms with Crippen molar-refractivity contribution < 1.29 is 19.8 Å². The highest BCUT2D eigenvalue weighted by Gasteiger charge is 2.17. The predicted octanol–water partition coefficient (Wildman–Crippen LogP) is 4.45.